The Kier molecular flexibility index (Phi) is 6.26. The number of carbonyl (C=O) groups excluding carboxylic acids is 2. The van der Waals surface area contributed by atoms with Gasteiger partial charge in [0.05, 0.1) is 7.11 Å². The van der Waals surface area contributed by atoms with Crippen molar-refractivity contribution in [3.63, 3.8) is 0 Å². The molecule has 0 aliphatic heterocycles. The highest BCUT2D eigenvalue weighted by atomic mass is 16.5. The van der Waals surface area contributed by atoms with Crippen molar-refractivity contribution in [3.8, 4) is 5.75 Å². The third-order valence-electron chi connectivity index (χ3n) is 5.28. The molecule has 0 unspecified atom stereocenters. The monoisotopic (exact) mass is 368 g/mol. The molecule has 27 heavy (non-hydrogen) atoms. The zero-order chi connectivity index (χ0) is 20.2. The van der Waals surface area contributed by atoms with Crippen LogP contribution in [0.1, 0.15) is 41.8 Å². The van der Waals surface area contributed by atoms with E-state index in [0.29, 0.717) is 17.7 Å². The lowest BCUT2D eigenvalue weighted by molar-refractivity contribution is -0.125. The van der Waals surface area contributed by atoms with E-state index < -0.39 is 5.54 Å². The average Bonchev–Trinajstić information content (AvgIpc) is 2.68. The maximum Gasteiger partial charge on any atom is 0.254 e. The number of para-hydroxylation sites is 1. The van der Waals surface area contributed by atoms with Gasteiger partial charge in [0.1, 0.15) is 11.3 Å². The lowest BCUT2D eigenvalue weighted by Gasteiger charge is -2.37. The van der Waals surface area contributed by atoms with Crippen LogP contribution in [0.5, 0.6) is 5.75 Å². The minimum absolute atomic E-state index is 0.202. The Morgan fingerprint density at radius 2 is 1.63 bits per heavy atom. The second-order valence-corrected chi connectivity index (χ2v) is 6.94. The van der Waals surface area contributed by atoms with Crippen molar-refractivity contribution < 1.29 is 14.3 Å². The summed E-state index contributed by atoms with van der Waals surface area (Å²) in [5.41, 5.74) is 2.31. The molecule has 0 bridgehead atoms. The quantitative estimate of drug-likeness (QED) is 0.832. The summed E-state index contributed by atoms with van der Waals surface area (Å²) in [6, 6.07) is 12.8. The lowest BCUT2D eigenvalue weighted by Crippen LogP contribution is -2.55. The van der Waals surface area contributed by atoms with Gasteiger partial charge in [0.15, 0.2) is 0 Å². The first-order chi connectivity index (χ1) is 12.7. The molecule has 0 heterocycles. The fourth-order valence-electron chi connectivity index (χ4n) is 2.96. The minimum atomic E-state index is -0.980. The molecule has 144 valence electrons. The number of carbonyl (C=O) groups is 2. The van der Waals surface area contributed by atoms with Crippen LogP contribution in [-0.4, -0.2) is 36.4 Å². The summed E-state index contributed by atoms with van der Waals surface area (Å²) >= 11 is 0. The van der Waals surface area contributed by atoms with E-state index in [1.165, 1.54) is 4.90 Å². The van der Waals surface area contributed by atoms with Crippen molar-refractivity contribution in [3.05, 3.63) is 59.2 Å². The highest BCUT2D eigenvalue weighted by molar-refractivity contribution is 6.04. The largest absolute Gasteiger partial charge is 0.497 e. The summed E-state index contributed by atoms with van der Waals surface area (Å²) in [5, 5.41) is 3.02. The second kappa shape index (κ2) is 8.25. The Hall–Kier alpha value is -2.82. The van der Waals surface area contributed by atoms with Crippen LogP contribution in [0.3, 0.4) is 0 Å². The van der Waals surface area contributed by atoms with Crippen LogP contribution in [0, 0.1) is 13.8 Å². The van der Waals surface area contributed by atoms with Gasteiger partial charge < -0.3 is 15.0 Å². The number of ether oxygens (including phenoxy) is 1. The van der Waals surface area contributed by atoms with E-state index in [4.69, 9.17) is 4.74 Å². The van der Waals surface area contributed by atoms with Crippen molar-refractivity contribution >= 4 is 17.5 Å². The van der Waals surface area contributed by atoms with Crippen LogP contribution < -0.4 is 10.1 Å². The molecule has 0 aliphatic rings. The van der Waals surface area contributed by atoms with Gasteiger partial charge in [0.2, 0.25) is 5.91 Å². The molecule has 1 atom stereocenters. The number of anilines is 1. The standard InChI is InChI=1S/C22H28N2O3/c1-7-22(4,21(26)23-19-15(2)9-8-10-16(19)3)24(5)20(25)17-11-13-18(27-6)14-12-17/h8-14H,7H2,1-6H3,(H,23,26)/t22-/m1/s1. The normalized spacial score (nSPS) is 12.8. The van der Waals surface area contributed by atoms with Crippen LogP contribution in [0.4, 0.5) is 5.69 Å². The molecule has 2 aromatic rings. The molecule has 0 radical (unpaired) electrons. The Labute approximate surface area is 161 Å². The Balaban J connectivity index is 2.27. The first-order valence-corrected chi connectivity index (χ1v) is 9.04. The van der Waals surface area contributed by atoms with E-state index in [0.717, 1.165) is 16.8 Å². The predicted molar refractivity (Wildman–Crippen MR) is 108 cm³/mol. The number of amides is 2. The molecular formula is C22H28N2O3. The van der Waals surface area contributed by atoms with Crippen molar-refractivity contribution in [2.45, 2.75) is 39.7 Å². The summed E-state index contributed by atoms with van der Waals surface area (Å²) in [7, 11) is 3.25. The van der Waals surface area contributed by atoms with Gasteiger partial charge in [-0.05, 0) is 62.6 Å². The molecular weight excluding hydrogens is 340 g/mol. The zero-order valence-corrected chi connectivity index (χ0v) is 16.9. The Bertz CT molecular complexity index is 810. The summed E-state index contributed by atoms with van der Waals surface area (Å²) in [5.74, 6) is 0.269. The summed E-state index contributed by atoms with van der Waals surface area (Å²) in [6.45, 7) is 7.61. The van der Waals surface area contributed by atoms with Gasteiger partial charge in [0, 0.05) is 18.3 Å². The van der Waals surface area contributed by atoms with Gasteiger partial charge >= 0.3 is 0 Å². The summed E-state index contributed by atoms with van der Waals surface area (Å²) < 4.78 is 5.14. The van der Waals surface area contributed by atoms with Crippen LogP contribution in [-0.2, 0) is 4.79 Å². The number of likely N-dealkylation sites (N-methyl/N-ethyl adjacent to an activating group) is 1. The van der Waals surface area contributed by atoms with E-state index in [1.54, 1.807) is 45.3 Å². The molecule has 5 nitrogen and oxygen atoms in total. The molecule has 1 N–H and O–H groups in total. The maximum absolute atomic E-state index is 13.1. The molecule has 2 rings (SSSR count). The van der Waals surface area contributed by atoms with Gasteiger partial charge in [-0.1, -0.05) is 25.1 Å². The molecule has 0 saturated carbocycles. The SMILES string of the molecule is CC[C@](C)(C(=O)Nc1c(C)cccc1C)N(C)C(=O)c1ccc(OC)cc1. The minimum Gasteiger partial charge on any atom is -0.497 e. The molecule has 0 saturated heterocycles. The Morgan fingerprint density at radius 1 is 1.07 bits per heavy atom. The molecule has 2 amide bonds. The van der Waals surface area contributed by atoms with E-state index >= 15 is 0 Å². The summed E-state index contributed by atoms with van der Waals surface area (Å²) in [6.07, 6.45) is 0.488. The second-order valence-electron chi connectivity index (χ2n) is 6.94. The van der Waals surface area contributed by atoms with Crippen molar-refractivity contribution in [1.82, 2.24) is 4.90 Å². The predicted octanol–water partition coefficient (Wildman–Crippen LogP) is 4.19. The van der Waals surface area contributed by atoms with Gasteiger partial charge in [-0.2, -0.15) is 0 Å². The molecule has 2 aromatic carbocycles. The number of nitrogens with zero attached hydrogens (tertiary/aromatic N) is 1. The van der Waals surface area contributed by atoms with Crippen LogP contribution in [0.15, 0.2) is 42.5 Å². The molecule has 0 fully saturated rings. The van der Waals surface area contributed by atoms with Gasteiger partial charge in [-0.25, -0.2) is 0 Å². The number of benzene rings is 2. The lowest BCUT2D eigenvalue weighted by atomic mass is 9.94. The molecule has 0 aromatic heterocycles. The van der Waals surface area contributed by atoms with Crippen molar-refractivity contribution in [1.29, 1.82) is 0 Å². The number of hydrogen-bond donors (Lipinski definition) is 1. The third kappa shape index (κ3) is 4.13. The van der Waals surface area contributed by atoms with Crippen LogP contribution in [0.2, 0.25) is 0 Å². The molecule has 0 spiro atoms. The van der Waals surface area contributed by atoms with Gasteiger partial charge in [-0.15, -0.1) is 0 Å². The van der Waals surface area contributed by atoms with Crippen molar-refractivity contribution in [2.75, 3.05) is 19.5 Å². The molecule has 0 aliphatic carbocycles. The van der Waals surface area contributed by atoms with E-state index in [2.05, 4.69) is 5.32 Å². The smallest absolute Gasteiger partial charge is 0.254 e. The fraction of sp³-hybridized carbons (Fsp3) is 0.364. The number of methoxy groups -OCH3 is 1. The third-order valence-corrected chi connectivity index (χ3v) is 5.28. The fourth-order valence-corrected chi connectivity index (χ4v) is 2.96. The van der Waals surface area contributed by atoms with E-state index in [-0.39, 0.29) is 11.8 Å². The summed E-state index contributed by atoms with van der Waals surface area (Å²) in [4.78, 5) is 27.6. The van der Waals surface area contributed by atoms with E-state index in [9.17, 15) is 9.59 Å². The topological polar surface area (TPSA) is 58.6 Å². The van der Waals surface area contributed by atoms with E-state index in [1.807, 2.05) is 39.0 Å². The zero-order valence-electron chi connectivity index (χ0n) is 16.9. The van der Waals surface area contributed by atoms with Gasteiger partial charge in [0.25, 0.3) is 5.91 Å². The number of hydrogen-bond acceptors (Lipinski definition) is 3. The highest BCUT2D eigenvalue weighted by Crippen LogP contribution is 2.26. The van der Waals surface area contributed by atoms with Crippen LogP contribution in [0.25, 0.3) is 0 Å². The van der Waals surface area contributed by atoms with Crippen LogP contribution >= 0.6 is 0 Å². The number of aryl methyl sites for hydroxylation is 2. The number of rotatable bonds is 6. The first-order valence-electron chi connectivity index (χ1n) is 9.04. The van der Waals surface area contributed by atoms with Crippen molar-refractivity contribution in [2.24, 2.45) is 0 Å². The molecule has 5 heteroatoms. The first kappa shape index (κ1) is 20.5. The highest BCUT2D eigenvalue weighted by Gasteiger charge is 2.39. The Morgan fingerprint density at radius 3 is 2.11 bits per heavy atom. The van der Waals surface area contributed by atoms with Gasteiger partial charge in [-0.3, -0.25) is 9.59 Å². The number of nitrogens with one attached hydrogen (secondary N) is 1. The average molecular weight is 368 g/mol. The maximum atomic E-state index is 13.1.